The zero-order valence-corrected chi connectivity index (χ0v) is 16.9. The van der Waals surface area contributed by atoms with Crippen LogP contribution in [-0.4, -0.2) is 45.8 Å². The van der Waals surface area contributed by atoms with Crippen molar-refractivity contribution in [2.45, 2.75) is 25.8 Å². The summed E-state index contributed by atoms with van der Waals surface area (Å²) in [7, 11) is 4.53. The average Bonchev–Trinajstić information content (AvgIpc) is 2.68. The van der Waals surface area contributed by atoms with Gasteiger partial charge >= 0.3 is 0 Å². The Bertz CT molecular complexity index is 1060. The highest BCUT2D eigenvalue weighted by molar-refractivity contribution is 5.98. The molecule has 0 saturated carbocycles. The highest BCUT2D eigenvalue weighted by Gasteiger charge is 2.20. The summed E-state index contributed by atoms with van der Waals surface area (Å²) in [6.45, 7) is 1.90. The smallest absolute Gasteiger partial charge is 0.290 e. The first-order chi connectivity index (χ1) is 13.7. The summed E-state index contributed by atoms with van der Waals surface area (Å²) in [5.41, 5.74) is -0.907. The van der Waals surface area contributed by atoms with Crippen LogP contribution in [-0.2, 0) is 7.05 Å². The van der Waals surface area contributed by atoms with Gasteiger partial charge in [0.1, 0.15) is 11.4 Å². The summed E-state index contributed by atoms with van der Waals surface area (Å²) >= 11 is 0. The van der Waals surface area contributed by atoms with Crippen molar-refractivity contribution < 1.29 is 9.90 Å². The molecule has 4 N–H and O–H groups in total. The number of nitrogens with zero attached hydrogens (tertiary/aromatic N) is 2. The fourth-order valence-corrected chi connectivity index (χ4v) is 2.74. The molecule has 154 valence electrons. The lowest BCUT2D eigenvalue weighted by Gasteiger charge is -2.19. The van der Waals surface area contributed by atoms with Crippen LogP contribution >= 0.6 is 0 Å². The Kier molecular flexibility index (Phi) is 6.72. The second-order valence-corrected chi connectivity index (χ2v) is 6.74. The molecule has 2 rings (SSSR count). The van der Waals surface area contributed by atoms with E-state index in [1.54, 1.807) is 20.2 Å². The van der Waals surface area contributed by atoms with Crippen LogP contribution < -0.4 is 21.8 Å². The summed E-state index contributed by atoms with van der Waals surface area (Å²) in [5.74, 6) is 1.81. The molecule has 9 heteroatoms. The third-order valence-electron chi connectivity index (χ3n) is 4.40. The molecule has 1 aromatic heterocycles. The maximum absolute atomic E-state index is 12.7. The third-order valence-corrected chi connectivity index (χ3v) is 4.40. The summed E-state index contributed by atoms with van der Waals surface area (Å²) in [6, 6.07) is 4.32. The van der Waals surface area contributed by atoms with Crippen LogP contribution in [0.5, 0.6) is 5.75 Å². The standard InChI is InChI=1S/C20H25N5O4/c1-6-9-12(7-2)21-15-16(20(29)25(5)23-18(15)27)22-14-11-8-10-13(17(14)26)19(28)24(3)4/h1,8,10-12,21-22,26H,7,9H2,2-5H3,(H,23,27). The van der Waals surface area contributed by atoms with Crippen LogP contribution in [0.25, 0.3) is 0 Å². The van der Waals surface area contributed by atoms with Crippen LogP contribution in [0.4, 0.5) is 17.1 Å². The van der Waals surface area contributed by atoms with Crippen LogP contribution in [0.2, 0.25) is 0 Å². The van der Waals surface area contributed by atoms with E-state index in [1.165, 1.54) is 24.1 Å². The average molecular weight is 399 g/mol. The number of aromatic amines is 1. The molecular formula is C20H25N5O4. The van der Waals surface area contributed by atoms with Crippen molar-refractivity contribution in [3.63, 3.8) is 0 Å². The highest BCUT2D eigenvalue weighted by Crippen LogP contribution is 2.31. The van der Waals surface area contributed by atoms with E-state index >= 15 is 0 Å². The minimum absolute atomic E-state index is 0.0129. The van der Waals surface area contributed by atoms with E-state index in [4.69, 9.17) is 6.42 Å². The number of phenolic OH excluding ortho intramolecular Hbond substituents is 1. The summed E-state index contributed by atoms with van der Waals surface area (Å²) < 4.78 is 1.03. The minimum atomic E-state index is -0.523. The van der Waals surface area contributed by atoms with Gasteiger partial charge in [-0.2, -0.15) is 0 Å². The van der Waals surface area contributed by atoms with E-state index in [0.717, 1.165) is 4.68 Å². The number of hydrogen-bond acceptors (Lipinski definition) is 6. The molecule has 0 bridgehead atoms. The van der Waals surface area contributed by atoms with Gasteiger partial charge in [0, 0.05) is 33.6 Å². The molecule has 0 spiro atoms. The molecule has 2 aromatic rings. The second kappa shape index (κ2) is 9.01. The van der Waals surface area contributed by atoms with Crippen molar-refractivity contribution in [1.29, 1.82) is 0 Å². The number of para-hydroxylation sites is 1. The second-order valence-electron chi connectivity index (χ2n) is 6.74. The maximum atomic E-state index is 12.7. The van der Waals surface area contributed by atoms with Gasteiger partial charge in [-0.1, -0.05) is 13.0 Å². The Morgan fingerprint density at radius 3 is 2.62 bits per heavy atom. The highest BCUT2D eigenvalue weighted by atomic mass is 16.3. The lowest BCUT2D eigenvalue weighted by molar-refractivity contribution is 0.0824. The fraction of sp³-hybridized carbons (Fsp3) is 0.350. The SMILES string of the molecule is C#CCC(CC)Nc1c(Nc2cccc(C(=O)N(C)C)c2O)c(=O)n(C)[nH]c1=O. The number of carbonyl (C=O) groups is 1. The molecule has 1 aromatic carbocycles. The van der Waals surface area contributed by atoms with Crippen LogP contribution in [0.1, 0.15) is 30.1 Å². The number of nitrogens with one attached hydrogen (secondary N) is 3. The normalized spacial score (nSPS) is 11.4. The van der Waals surface area contributed by atoms with Crippen molar-refractivity contribution in [1.82, 2.24) is 14.7 Å². The number of phenols is 1. The number of rotatable bonds is 7. The van der Waals surface area contributed by atoms with Gasteiger partial charge in [-0.3, -0.25) is 24.2 Å². The van der Waals surface area contributed by atoms with Crippen LogP contribution in [0.15, 0.2) is 27.8 Å². The topological polar surface area (TPSA) is 119 Å². The number of anilines is 3. The number of aromatic hydroxyl groups is 1. The van der Waals surface area contributed by atoms with Crippen molar-refractivity contribution in [3.05, 3.63) is 44.5 Å². The zero-order valence-electron chi connectivity index (χ0n) is 16.9. The maximum Gasteiger partial charge on any atom is 0.290 e. The molecule has 1 atom stereocenters. The summed E-state index contributed by atoms with van der Waals surface area (Å²) in [4.78, 5) is 38.8. The quantitative estimate of drug-likeness (QED) is 0.413. The van der Waals surface area contributed by atoms with Gasteiger partial charge in [0.05, 0.1) is 11.3 Å². The molecule has 0 aliphatic rings. The van der Waals surface area contributed by atoms with E-state index in [9.17, 15) is 19.5 Å². The lowest BCUT2D eigenvalue weighted by Crippen LogP contribution is -2.34. The number of aromatic nitrogens is 2. The van der Waals surface area contributed by atoms with Gasteiger partial charge in [0.25, 0.3) is 17.0 Å². The molecule has 9 nitrogen and oxygen atoms in total. The van der Waals surface area contributed by atoms with Gasteiger partial charge in [-0.15, -0.1) is 12.3 Å². The summed E-state index contributed by atoms with van der Waals surface area (Å²) in [6.07, 6.45) is 6.37. The largest absolute Gasteiger partial charge is 0.505 e. The van der Waals surface area contributed by atoms with Crippen molar-refractivity contribution >= 4 is 23.0 Å². The van der Waals surface area contributed by atoms with Gasteiger partial charge in [-0.05, 0) is 18.6 Å². The zero-order chi connectivity index (χ0) is 21.7. The molecule has 1 unspecified atom stereocenters. The molecule has 1 amide bonds. The number of H-pyrrole nitrogens is 1. The molecule has 0 aliphatic heterocycles. The minimum Gasteiger partial charge on any atom is -0.505 e. The van der Waals surface area contributed by atoms with Gasteiger partial charge in [0.2, 0.25) is 0 Å². The Balaban J connectivity index is 2.57. The number of terminal acetylenes is 1. The molecule has 0 aliphatic carbocycles. The predicted octanol–water partition coefficient (Wildman–Crippen LogP) is 1.44. The predicted molar refractivity (Wildman–Crippen MR) is 113 cm³/mol. The first kappa shape index (κ1) is 21.6. The Labute approximate surface area is 168 Å². The molecule has 0 radical (unpaired) electrons. The number of carbonyl (C=O) groups excluding carboxylic acids is 1. The molecule has 29 heavy (non-hydrogen) atoms. The Hall–Kier alpha value is -3.67. The molecule has 0 fully saturated rings. The van der Waals surface area contributed by atoms with Gasteiger partial charge < -0.3 is 20.6 Å². The monoisotopic (exact) mass is 399 g/mol. The number of hydrogen-bond donors (Lipinski definition) is 4. The summed E-state index contributed by atoms with van der Waals surface area (Å²) in [5, 5.41) is 18.8. The first-order valence-electron chi connectivity index (χ1n) is 9.05. The molecular weight excluding hydrogens is 374 g/mol. The first-order valence-corrected chi connectivity index (χ1v) is 9.05. The number of benzene rings is 1. The van der Waals surface area contributed by atoms with E-state index < -0.39 is 17.0 Å². The van der Waals surface area contributed by atoms with Crippen molar-refractivity contribution in [2.24, 2.45) is 7.05 Å². The van der Waals surface area contributed by atoms with Gasteiger partial charge in [-0.25, -0.2) is 0 Å². The van der Waals surface area contributed by atoms with Crippen molar-refractivity contribution in [3.8, 4) is 18.1 Å². The lowest BCUT2D eigenvalue weighted by atomic mass is 10.1. The van der Waals surface area contributed by atoms with Gasteiger partial charge in [0.15, 0.2) is 5.75 Å². The van der Waals surface area contributed by atoms with Crippen LogP contribution in [0.3, 0.4) is 0 Å². The van der Waals surface area contributed by atoms with E-state index in [-0.39, 0.29) is 34.4 Å². The Morgan fingerprint density at radius 2 is 2.03 bits per heavy atom. The van der Waals surface area contributed by atoms with Crippen LogP contribution in [0, 0.1) is 12.3 Å². The van der Waals surface area contributed by atoms with E-state index in [1.807, 2.05) is 6.92 Å². The fourth-order valence-electron chi connectivity index (χ4n) is 2.74. The number of aryl methyl sites for hydroxylation is 1. The molecule has 1 heterocycles. The molecule has 0 saturated heterocycles. The number of amides is 1. The van der Waals surface area contributed by atoms with E-state index in [2.05, 4.69) is 21.7 Å². The third kappa shape index (κ3) is 4.60. The van der Waals surface area contributed by atoms with E-state index in [0.29, 0.717) is 12.8 Å². The Morgan fingerprint density at radius 1 is 1.34 bits per heavy atom. The van der Waals surface area contributed by atoms with Crippen molar-refractivity contribution in [2.75, 3.05) is 24.7 Å².